The van der Waals surface area contributed by atoms with Gasteiger partial charge in [-0.3, -0.25) is 9.88 Å². The minimum Gasteiger partial charge on any atom is -0.492 e. The lowest BCUT2D eigenvalue weighted by Crippen LogP contribution is -2.24. The molecular formula is C17H18N4O2. The first-order valence-electron chi connectivity index (χ1n) is 7.41. The molecule has 6 heteroatoms. The number of para-hydroxylation sites is 1. The smallest absolute Gasteiger partial charge is 0.241 e. The Bertz CT molecular complexity index is 716. The summed E-state index contributed by atoms with van der Waals surface area (Å²) in [6.07, 6.45) is 1.71. The average molecular weight is 310 g/mol. The molecule has 3 rings (SSSR count). The van der Waals surface area contributed by atoms with Gasteiger partial charge in [0, 0.05) is 12.7 Å². The molecule has 0 N–H and O–H groups in total. The molecule has 0 spiro atoms. The summed E-state index contributed by atoms with van der Waals surface area (Å²) in [6.45, 7) is 1.93. The number of likely N-dealkylation sites (N-methyl/N-ethyl adjacent to an activating group) is 1. The van der Waals surface area contributed by atoms with Crippen molar-refractivity contribution >= 4 is 0 Å². The topological polar surface area (TPSA) is 64.3 Å². The summed E-state index contributed by atoms with van der Waals surface area (Å²) in [5.74, 6) is 1.94. The van der Waals surface area contributed by atoms with Gasteiger partial charge in [0.2, 0.25) is 11.7 Å². The van der Waals surface area contributed by atoms with E-state index >= 15 is 0 Å². The third kappa shape index (κ3) is 4.37. The highest BCUT2D eigenvalue weighted by Gasteiger charge is 2.11. The van der Waals surface area contributed by atoms with Gasteiger partial charge in [-0.25, -0.2) is 0 Å². The normalized spacial score (nSPS) is 10.9. The summed E-state index contributed by atoms with van der Waals surface area (Å²) in [5, 5.41) is 3.96. The summed E-state index contributed by atoms with van der Waals surface area (Å²) in [4.78, 5) is 10.6. The van der Waals surface area contributed by atoms with E-state index in [1.807, 2.05) is 55.6 Å². The Morgan fingerprint density at radius 2 is 1.91 bits per heavy atom. The number of ether oxygens (including phenoxy) is 1. The number of pyridine rings is 1. The molecule has 2 heterocycles. The van der Waals surface area contributed by atoms with Gasteiger partial charge >= 0.3 is 0 Å². The van der Waals surface area contributed by atoms with Crippen molar-refractivity contribution in [1.82, 2.24) is 20.0 Å². The number of hydrogen-bond donors (Lipinski definition) is 0. The molecule has 0 bridgehead atoms. The van der Waals surface area contributed by atoms with E-state index in [1.54, 1.807) is 6.20 Å². The number of rotatable bonds is 7. The van der Waals surface area contributed by atoms with E-state index in [1.165, 1.54) is 0 Å². The lowest BCUT2D eigenvalue weighted by atomic mass is 10.3. The van der Waals surface area contributed by atoms with Crippen molar-refractivity contribution in [2.24, 2.45) is 0 Å². The predicted octanol–water partition coefficient (Wildman–Crippen LogP) is 2.64. The first-order chi connectivity index (χ1) is 11.3. The van der Waals surface area contributed by atoms with Crippen LogP contribution < -0.4 is 4.74 Å². The van der Waals surface area contributed by atoms with Gasteiger partial charge in [0.1, 0.15) is 18.1 Å². The van der Waals surface area contributed by atoms with Gasteiger partial charge in [0.05, 0.1) is 6.54 Å². The van der Waals surface area contributed by atoms with Crippen molar-refractivity contribution in [2.45, 2.75) is 6.54 Å². The fourth-order valence-electron chi connectivity index (χ4n) is 2.06. The van der Waals surface area contributed by atoms with Crippen molar-refractivity contribution in [1.29, 1.82) is 0 Å². The van der Waals surface area contributed by atoms with Crippen LogP contribution in [0.25, 0.3) is 11.5 Å². The van der Waals surface area contributed by atoms with Gasteiger partial charge in [-0.1, -0.05) is 29.4 Å². The minimum absolute atomic E-state index is 0.509. The van der Waals surface area contributed by atoms with Crippen LogP contribution in [0.2, 0.25) is 0 Å². The number of benzene rings is 1. The van der Waals surface area contributed by atoms with Gasteiger partial charge in [-0.15, -0.1) is 0 Å². The van der Waals surface area contributed by atoms with Crippen LogP contribution >= 0.6 is 0 Å². The maximum atomic E-state index is 5.67. The van der Waals surface area contributed by atoms with Crippen molar-refractivity contribution in [2.75, 3.05) is 20.2 Å². The molecule has 0 saturated heterocycles. The van der Waals surface area contributed by atoms with Crippen molar-refractivity contribution in [3.8, 4) is 17.3 Å². The van der Waals surface area contributed by atoms with E-state index in [0.29, 0.717) is 30.6 Å². The molecule has 3 aromatic rings. The molecule has 0 aliphatic carbocycles. The van der Waals surface area contributed by atoms with Crippen LogP contribution in [-0.4, -0.2) is 40.2 Å². The van der Waals surface area contributed by atoms with Gasteiger partial charge in [0.15, 0.2) is 0 Å². The van der Waals surface area contributed by atoms with E-state index in [9.17, 15) is 0 Å². The second-order valence-corrected chi connectivity index (χ2v) is 5.13. The Hall–Kier alpha value is -2.73. The maximum Gasteiger partial charge on any atom is 0.241 e. The number of nitrogens with zero attached hydrogens (tertiary/aromatic N) is 4. The van der Waals surface area contributed by atoms with Gasteiger partial charge in [-0.2, -0.15) is 4.98 Å². The van der Waals surface area contributed by atoms with E-state index in [-0.39, 0.29) is 0 Å². The lowest BCUT2D eigenvalue weighted by Gasteiger charge is -2.14. The van der Waals surface area contributed by atoms with E-state index in [0.717, 1.165) is 12.3 Å². The second kappa shape index (κ2) is 7.51. The molecule has 118 valence electrons. The molecule has 1 aromatic carbocycles. The lowest BCUT2D eigenvalue weighted by molar-refractivity contribution is 0.213. The predicted molar refractivity (Wildman–Crippen MR) is 85.8 cm³/mol. The SMILES string of the molecule is CN(CCOc1ccccc1)Cc1nc(-c2ccccn2)no1. The molecule has 2 aromatic heterocycles. The zero-order valence-corrected chi connectivity index (χ0v) is 12.9. The molecule has 0 aliphatic heterocycles. The highest BCUT2D eigenvalue weighted by Crippen LogP contribution is 2.13. The molecule has 0 atom stereocenters. The highest BCUT2D eigenvalue weighted by atomic mass is 16.5. The quantitative estimate of drug-likeness (QED) is 0.668. The van der Waals surface area contributed by atoms with E-state index in [4.69, 9.17) is 9.26 Å². The summed E-state index contributed by atoms with van der Waals surface area (Å²) in [7, 11) is 1.99. The third-order valence-corrected chi connectivity index (χ3v) is 3.25. The Labute approximate surface area is 134 Å². The molecule has 23 heavy (non-hydrogen) atoms. The van der Waals surface area contributed by atoms with Crippen LogP contribution in [0.15, 0.2) is 59.3 Å². The first-order valence-corrected chi connectivity index (χ1v) is 7.41. The molecular weight excluding hydrogens is 292 g/mol. The highest BCUT2D eigenvalue weighted by molar-refractivity contribution is 5.46. The first kappa shape index (κ1) is 15.2. The molecule has 0 fully saturated rings. The molecule has 0 aliphatic rings. The van der Waals surface area contributed by atoms with Gasteiger partial charge in [-0.05, 0) is 31.3 Å². The Kier molecular flexibility index (Phi) is 4.95. The zero-order valence-electron chi connectivity index (χ0n) is 12.9. The van der Waals surface area contributed by atoms with E-state index in [2.05, 4.69) is 20.0 Å². The monoisotopic (exact) mass is 310 g/mol. The van der Waals surface area contributed by atoms with Crippen molar-refractivity contribution in [3.63, 3.8) is 0 Å². The standard InChI is InChI=1S/C17H18N4O2/c1-21(11-12-22-14-7-3-2-4-8-14)13-16-19-17(20-23-16)15-9-5-6-10-18-15/h2-10H,11-13H2,1H3. The molecule has 0 saturated carbocycles. The molecule has 0 radical (unpaired) electrons. The fourth-order valence-corrected chi connectivity index (χ4v) is 2.06. The third-order valence-electron chi connectivity index (χ3n) is 3.25. The molecule has 0 amide bonds. The summed E-state index contributed by atoms with van der Waals surface area (Å²) < 4.78 is 10.9. The summed E-state index contributed by atoms with van der Waals surface area (Å²) >= 11 is 0. The van der Waals surface area contributed by atoms with Crippen LogP contribution in [0.5, 0.6) is 5.75 Å². The van der Waals surface area contributed by atoms with Crippen LogP contribution in [0.1, 0.15) is 5.89 Å². The Balaban J connectivity index is 1.48. The van der Waals surface area contributed by atoms with Crippen LogP contribution in [0.3, 0.4) is 0 Å². The van der Waals surface area contributed by atoms with Crippen LogP contribution in [0.4, 0.5) is 0 Å². The molecule has 6 nitrogen and oxygen atoms in total. The number of aromatic nitrogens is 3. The van der Waals surface area contributed by atoms with Crippen molar-refractivity contribution < 1.29 is 9.26 Å². The maximum absolute atomic E-state index is 5.67. The number of hydrogen-bond acceptors (Lipinski definition) is 6. The molecule has 0 unspecified atom stereocenters. The van der Waals surface area contributed by atoms with E-state index < -0.39 is 0 Å². The summed E-state index contributed by atoms with van der Waals surface area (Å²) in [5.41, 5.74) is 0.706. The van der Waals surface area contributed by atoms with Crippen LogP contribution in [-0.2, 0) is 6.54 Å². The minimum atomic E-state index is 0.509. The largest absolute Gasteiger partial charge is 0.492 e. The van der Waals surface area contributed by atoms with Gasteiger partial charge < -0.3 is 9.26 Å². The average Bonchev–Trinajstić information content (AvgIpc) is 3.05. The Morgan fingerprint density at radius 3 is 2.70 bits per heavy atom. The van der Waals surface area contributed by atoms with Crippen LogP contribution in [0, 0.1) is 0 Å². The second-order valence-electron chi connectivity index (χ2n) is 5.13. The summed E-state index contributed by atoms with van der Waals surface area (Å²) in [6, 6.07) is 15.4. The fraction of sp³-hybridized carbons (Fsp3) is 0.235. The Morgan fingerprint density at radius 1 is 1.09 bits per heavy atom. The van der Waals surface area contributed by atoms with Gasteiger partial charge in [0.25, 0.3) is 0 Å². The van der Waals surface area contributed by atoms with Crippen molar-refractivity contribution in [3.05, 3.63) is 60.6 Å². The zero-order chi connectivity index (χ0) is 15.9.